The van der Waals surface area contributed by atoms with Crippen LogP contribution >= 0.6 is 0 Å². The second-order valence-electron chi connectivity index (χ2n) is 10.6. The maximum atomic E-state index is 2.59. The predicted molar refractivity (Wildman–Crippen MR) is 153 cm³/mol. The summed E-state index contributed by atoms with van der Waals surface area (Å²) in [6.07, 6.45) is 9.87. The number of aryl methyl sites for hydroxylation is 6. The molecule has 1 aliphatic rings. The van der Waals surface area contributed by atoms with E-state index >= 15 is 0 Å². The highest BCUT2D eigenvalue weighted by atomic mass is 28.3. The molecule has 0 unspecified atom stereocenters. The third-order valence-corrected chi connectivity index (χ3v) is 12.0. The van der Waals surface area contributed by atoms with E-state index in [9.17, 15) is 0 Å². The van der Waals surface area contributed by atoms with E-state index in [0.29, 0.717) is 0 Å². The van der Waals surface area contributed by atoms with E-state index < -0.39 is 8.07 Å². The standard InChI is InChI=1S/C33H40Si/c1-8-9-10-29-11-12-30(22-29)34(31-16-23(2)13-24(3)17-31,32-18-25(4)14-26(5)19-32)33-20-27(6)15-28(7)21-33/h11,13-22H,8-10,12H2,1-7H3. The molecule has 0 spiro atoms. The molecular weight excluding hydrogens is 424 g/mol. The molecule has 0 aliphatic heterocycles. The summed E-state index contributed by atoms with van der Waals surface area (Å²) in [5, 5.41) is 6.21. The van der Waals surface area contributed by atoms with Crippen molar-refractivity contribution in [2.24, 2.45) is 0 Å². The minimum absolute atomic E-state index is 1.07. The van der Waals surface area contributed by atoms with Gasteiger partial charge in [0.1, 0.15) is 0 Å². The smallest absolute Gasteiger partial charge is 0.0776 e. The van der Waals surface area contributed by atoms with Crippen LogP contribution in [-0.2, 0) is 0 Å². The van der Waals surface area contributed by atoms with Gasteiger partial charge in [-0.25, -0.2) is 0 Å². The number of allylic oxidation sites excluding steroid dienone is 4. The highest BCUT2D eigenvalue weighted by molar-refractivity contribution is 7.16. The van der Waals surface area contributed by atoms with Crippen molar-refractivity contribution in [1.82, 2.24) is 0 Å². The SMILES string of the molecule is CCCCC1=CCC([Si](c2cc(C)cc(C)c2)(c2cc(C)cc(C)c2)c2cc(C)cc(C)c2)=C1. The van der Waals surface area contributed by atoms with Crippen LogP contribution in [0.15, 0.2) is 77.5 Å². The molecule has 0 nitrogen and oxygen atoms in total. The van der Waals surface area contributed by atoms with Crippen LogP contribution in [0.4, 0.5) is 0 Å². The van der Waals surface area contributed by atoms with E-state index in [1.807, 2.05) is 0 Å². The fourth-order valence-corrected chi connectivity index (χ4v) is 11.6. The maximum absolute atomic E-state index is 2.59. The normalized spacial score (nSPS) is 13.7. The number of hydrogen-bond acceptors (Lipinski definition) is 0. The summed E-state index contributed by atoms with van der Waals surface area (Å²) in [7, 11) is -2.45. The van der Waals surface area contributed by atoms with Gasteiger partial charge in [0, 0.05) is 0 Å². The van der Waals surface area contributed by atoms with E-state index in [1.54, 1.807) is 5.20 Å². The number of benzene rings is 3. The summed E-state index contributed by atoms with van der Waals surface area (Å²) in [5.41, 5.74) is 9.69. The van der Waals surface area contributed by atoms with Crippen molar-refractivity contribution in [2.45, 2.75) is 74.1 Å². The molecule has 0 N–H and O–H groups in total. The average molecular weight is 465 g/mol. The molecule has 0 saturated carbocycles. The van der Waals surface area contributed by atoms with Crippen LogP contribution in [0.3, 0.4) is 0 Å². The Morgan fingerprint density at radius 2 is 0.971 bits per heavy atom. The molecule has 4 rings (SSSR count). The number of unbranched alkanes of at least 4 members (excludes halogenated alkanes) is 1. The summed E-state index contributed by atoms with van der Waals surface area (Å²) in [6, 6.07) is 21.9. The van der Waals surface area contributed by atoms with Gasteiger partial charge in [-0.2, -0.15) is 0 Å². The van der Waals surface area contributed by atoms with Crippen molar-refractivity contribution >= 4 is 23.6 Å². The molecule has 0 amide bonds. The zero-order valence-corrected chi connectivity index (χ0v) is 23.2. The Labute approximate surface area is 208 Å². The highest BCUT2D eigenvalue weighted by Crippen LogP contribution is 2.30. The Bertz CT molecular complexity index is 1090. The van der Waals surface area contributed by atoms with Gasteiger partial charge in [-0.1, -0.05) is 124 Å². The zero-order valence-electron chi connectivity index (χ0n) is 22.2. The molecule has 0 radical (unpaired) electrons. The van der Waals surface area contributed by atoms with Gasteiger partial charge in [0.25, 0.3) is 0 Å². The summed E-state index contributed by atoms with van der Waals surface area (Å²) < 4.78 is 0. The minimum Gasteiger partial charge on any atom is -0.0776 e. The Hall–Kier alpha value is -2.64. The molecule has 0 saturated heterocycles. The first kappa shape index (κ1) is 24.5. The average Bonchev–Trinajstić information content (AvgIpc) is 3.20. The summed E-state index contributed by atoms with van der Waals surface area (Å²) >= 11 is 0. The maximum Gasteiger partial charge on any atom is 0.176 e. The van der Waals surface area contributed by atoms with Gasteiger partial charge in [0.2, 0.25) is 0 Å². The third-order valence-electron chi connectivity index (χ3n) is 7.21. The molecule has 3 aromatic rings. The minimum atomic E-state index is -2.45. The molecule has 0 bridgehead atoms. The van der Waals surface area contributed by atoms with Crippen molar-refractivity contribution in [3.05, 3.63) is 111 Å². The van der Waals surface area contributed by atoms with E-state index in [4.69, 9.17) is 0 Å². The van der Waals surface area contributed by atoms with Crippen molar-refractivity contribution in [3.63, 3.8) is 0 Å². The quantitative estimate of drug-likeness (QED) is 0.261. The third kappa shape index (κ3) is 4.77. The first-order valence-corrected chi connectivity index (χ1v) is 14.9. The fourth-order valence-electron chi connectivity index (χ4n) is 6.03. The summed E-state index contributed by atoms with van der Waals surface area (Å²) in [4.78, 5) is 0. The lowest BCUT2D eigenvalue weighted by molar-refractivity contribution is 0.798. The molecule has 0 aromatic heterocycles. The van der Waals surface area contributed by atoms with Crippen LogP contribution in [-0.4, -0.2) is 8.07 Å². The fraction of sp³-hybridized carbons (Fsp3) is 0.333. The van der Waals surface area contributed by atoms with Crippen molar-refractivity contribution in [2.75, 3.05) is 0 Å². The Kier molecular flexibility index (Phi) is 7.14. The summed E-state index contributed by atoms with van der Waals surface area (Å²) in [5.74, 6) is 0. The monoisotopic (exact) mass is 464 g/mol. The van der Waals surface area contributed by atoms with Crippen LogP contribution in [0.2, 0.25) is 0 Å². The predicted octanol–water partition coefficient (Wildman–Crippen LogP) is 6.99. The first-order valence-electron chi connectivity index (χ1n) is 12.9. The highest BCUT2D eigenvalue weighted by Gasteiger charge is 2.44. The lowest BCUT2D eigenvalue weighted by atomic mass is 10.1. The molecule has 0 atom stereocenters. The Balaban J connectivity index is 2.11. The molecule has 0 fully saturated rings. The molecule has 1 heteroatoms. The second-order valence-corrected chi connectivity index (χ2v) is 14.5. The molecule has 3 aromatic carbocycles. The Morgan fingerprint density at radius 1 is 0.588 bits per heavy atom. The van der Waals surface area contributed by atoms with Crippen LogP contribution in [0.5, 0.6) is 0 Å². The van der Waals surface area contributed by atoms with Crippen molar-refractivity contribution < 1.29 is 0 Å². The van der Waals surface area contributed by atoms with Gasteiger partial charge in [0.05, 0.1) is 0 Å². The van der Waals surface area contributed by atoms with Crippen LogP contribution in [0.1, 0.15) is 66.0 Å². The largest absolute Gasteiger partial charge is 0.176 e. The van der Waals surface area contributed by atoms with E-state index in [2.05, 4.69) is 115 Å². The topological polar surface area (TPSA) is 0 Å². The van der Waals surface area contributed by atoms with Gasteiger partial charge in [0.15, 0.2) is 8.07 Å². The van der Waals surface area contributed by atoms with Crippen LogP contribution in [0.25, 0.3) is 0 Å². The second kappa shape index (κ2) is 9.92. The van der Waals surface area contributed by atoms with Crippen LogP contribution < -0.4 is 15.6 Å². The van der Waals surface area contributed by atoms with Crippen molar-refractivity contribution in [1.29, 1.82) is 0 Å². The van der Waals surface area contributed by atoms with Gasteiger partial charge >= 0.3 is 0 Å². The summed E-state index contributed by atoms with van der Waals surface area (Å²) in [6.45, 7) is 15.8. The Morgan fingerprint density at radius 3 is 1.32 bits per heavy atom. The van der Waals surface area contributed by atoms with Gasteiger partial charge in [-0.3, -0.25) is 0 Å². The van der Waals surface area contributed by atoms with E-state index in [1.165, 1.54) is 73.8 Å². The molecule has 34 heavy (non-hydrogen) atoms. The van der Waals surface area contributed by atoms with Gasteiger partial charge in [-0.15, -0.1) is 0 Å². The molecule has 0 heterocycles. The lowest BCUT2D eigenvalue weighted by Crippen LogP contribution is -2.69. The van der Waals surface area contributed by atoms with Gasteiger partial charge < -0.3 is 0 Å². The van der Waals surface area contributed by atoms with Gasteiger partial charge in [-0.05, 0) is 76.4 Å². The lowest BCUT2D eigenvalue weighted by Gasteiger charge is -2.37. The molecular formula is C33H40Si. The van der Waals surface area contributed by atoms with Crippen molar-refractivity contribution in [3.8, 4) is 0 Å². The van der Waals surface area contributed by atoms with E-state index in [0.717, 1.165) is 6.42 Å². The molecule has 176 valence electrons. The van der Waals surface area contributed by atoms with E-state index in [-0.39, 0.29) is 0 Å². The number of rotatable bonds is 7. The number of hydrogen-bond donors (Lipinski definition) is 0. The van der Waals surface area contributed by atoms with Crippen LogP contribution in [0, 0.1) is 41.5 Å². The first-order chi connectivity index (χ1) is 16.2. The molecule has 1 aliphatic carbocycles. The zero-order chi connectivity index (χ0) is 24.5.